The Hall–Kier alpha value is -4.72. The number of hydrogen-bond acceptors (Lipinski definition) is 4. The molecule has 2 amide bonds. The fourth-order valence-electron chi connectivity index (χ4n) is 3.40. The van der Waals surface area contributed by atoms with Crippen LogP contribution in [-0.2, 0) is 0 Å². The number of carbonyl (C=O) groups excluding carboxylic acids is 2. The van der Waals surface area contributed by atoms with Crippen LogP contribution in [0.3, 0.4) is 0 Å². The lowest BCUT2D eigenvalue weighted by molar-refractivity contribution is 0.0993. The van der Waals surface area contributed by atoms with Gasteiger partial charge < -0.3 is 20.0 Å². The van der Waals surface area contributed by atoms with E-state index in [4.69, 9.17) is 4.42 Å². The number of nitrogens with zero attached hydrogens (tertiary/aromatic N) is 1. The summed E-state index contributed by atoms with van der Waals surface area (Å²) in [5.41, 5.74) is 3.42. The molecule has 3 aromatic carbocycles. The van der Waals surface area contributed by atoms with Crippen molar-refractivity contribution in [2.45, 2.75) is 0 Å². The first-order valence-corrected chi connectivity index (χ1v) is 10.1. The number of anilines is 2. The number of aromatic amines is 1. The summed E-state index contributed by atoms with van der Waals surface area (Å²) in [5.74, 6) is -0.378. The number of nitrogens with one attached hydrogen (secondary N) is 3. The highest BCUT2D eigenvalue weighted by atomic mass is 19.1. The van der Waals surface area contributed by atoms with Crippen LogP contribution in [0.1, 0.15) is 20.9 Å². The van der Waals surface area contributed by atoms with Gasteiger partial charge in [0.2, 0.25) is 0 Å². The average Bonchev–Trinajstić information content (AvgIpc) is 3.49. The van der Waals surface area contributed by atoms with Crippen LogP contribution in [0.5, 0.6) is 0 Å². The minimum atomic E-state index is -0.406. The third-order valence-corrected chi connectivity index (χ3v) is 4.97. The van der Waals surface area contributed by atoms with Gasteiger partial charge in [-0.1, -0.05) is 18.2 Å². The van der Waals surface area contributed by atoms with E-state index in [-0.39, 0.29) is 17.5 Å². The van der Waals surface area contributed by atoms with E-state index in [0.29, 0.717) is 39.4 Å². The molecule has 0 bridgehead atoms. The molecular weight excluding hydrogens is 423 g/mol. The third kappa shape index (κ3) is 4.35. The van der Waals surface area contributed by atoms with Crippen LogP contribution in [0.25, 0.3) is 22.4 Å². The van der Waals surface area contributed by atoms with Crippen LogP contribution >= 0.6 is 0 Å². The molecular formula is C25H17FN4O3. The van der Waals surface area contributed by atoms with Crippen molar-refractivity contribution in [1.82, 2.24) is 9.97 Å². The number of carbonyl (C=O) groups is 2. The Bertz CT molecular complexity index is 1470. The molecule has 0 saturated heterocycles. The maximum Gasteiger partial charge on any atom is 0.291 e. The number of fused-ring (bicyclic) bond motifs is 1. The Morgan fingerprint density at radius 1 is 0.848 bits per heavy atom. The Kier molecular flexibility index (Phi) is 5.16. The van der Waals surface area contributed by atoms with E-state index < -0.39 is 5.91 Å². The topological polar surface area (TPSA) is 100 Å². The number of hydrogen-bond donors (Lipinski definition) is 3. The zero-order chi connectivity index (χ0) is 22.8. The summed E-state index contributed by atoms with van der Waals surface area (Å²) in [4.78, 5) is 32.6. The SMILES string of the molecule is O=C(Nc1ccc2nc(-c3cccc(F)c3)[nH]c2c1)c1cccc(NC(=O)c2ccco2)c1. The summed E-state index contributed by atoms with van der Waals surface area (Å²) in [5, 5.41) is 5.54. The second kappa shape index (κ2) is 8.43. The second-order valence-corrected chi connectivity index (χ2v) is 7.29. The zero-order valence-corrected chi connectivity index (χ0v) is 17.1. The zero-order valence-electron chi connectivity index (χ0n) is 17.1. The summed E-state index contributed by atoms with van der Waals surface area (Å²) >= 11 is 0. The van der Waals surface area contributed by atoms with Crippen LogP contribution in [-0.4, -0.2) is 21.8 Å². The molecule has 0 aliphatic heterocycles. The van der Waals surface area contributed by atoms with E-state index in [1.807, 2.05) is 0 Å². The second-order valence-electron chi connectivity index (χ2n) is 7.29. The molecule has 3 N–H and O–H groups in total. The Morgan fingerprint density at radius 2 is 1.67 bits per heavy atom. The van der Waals surface area contributed by atoms with E-state index >= 15 is 0 Å². The normalized spacial score (nSPS) is 10.8. The van der Waals surface area contributed by atoms with Crippen molar-refractivity contribution >= 4 is 34.2 Å². The van der Waals surface area contributed by atoms with Crippen molar-refractivity contribution < 1.29 is 18.4 Å². The molecule has 162 valence electrons. The number of H-pyrrole nitrogens is 1. The molecule has 0 aliphatic carbocycles. The first-order chi connectivity index (χ1) is 16.0. The number of benzene rings is 3. The molecule has 33 heavy (non-hydrogen) atoms. The average molecular weight is 440 g/mol. The standard InChI is InChI=1S/C25H17FN4O3/c26-17-6-1-4-15(12-17)23-29-20-10-9-19(14-21(20)30-23)27-24(31)16-5-2-7-18(13-16)28-25(32)22-8-3-11-33-22/h1-14H,(H,27,31)(H,28,32)(H,29,30). The Balaban J connectivity index is 1.33. The van der Waals surface area contributed by atoms with E-state index in [1.165, 1.54) is 18.4 Å². The molecule has 2 aromatic heterocycles. The van der Waals surface area contributed by atoms with Crippen molar-refractivity contribution in [2.75, 3.05) is 10.6 Å². The largest absolute Gasteiger partial charge is 0.459 e. The maximum absolute atomic E-state index is 13.5. The summed E-state index contributed by atoms with van der Waals surface area (Å²) in [6, 6.07) is 21.2. The molecule has 0 spiro atoms. The van der Waals surface area contributed by atoms with Crippen LogP contribution in [0.15, 0.2) is 89.5 Å². The highest BCUT2D eigenvalue weighted by Gasteiger charge is 2.12. The molecule has 8 heteroatoms. The van der Waals surface area contributed by atoms with E-state index in [2.05, 4.69) is 20.6 Å². The quantitative estimate of drug-likeness (QED) is 0.338. The molecule has 2 heterocycles. The molecule has 0 atom stereocenters. The summed E-state index contributed by atoms with van der Waals surface area (Å²) in [6.07, 6.45) is 1.41. The van der Waals surface area contributed by atoms with Gasteiger partial charge in [-0.15, -0.1) is 0 Å². The highest BCUT2D eigenvalue weighted by molar-refractivity contribution is 6.07. The van der Waals surface area contributed by atoms with Gasteiger partial charge in [-0.2, -0.15) is 0 Å². The Labute approximate surface area is 187 Å². The number of amides is 2. The van der Waals surface area contributed by atoms with Gasteiger partial charge in [0.15, 0.2) is 5.76 Å². The van der Waals surface area contributed by atoms with E-state index in [1.54, 1.807) is 66.7 Å². The minimum absolute atomic E-state index is 0.176. The van der Waals surface area contributed by atoms with Gasteiger partial charge in [0, 0.05) is 22.5 Å². The van der Waals surface area contributed by atoms with Gasteiger partial charge in [0.05, 0.1) is 17.3 Å². The summed E-state index contributed by atoms with van der Waals surface area (Å²) in [7, 11) is 0. The number of furan rings is 1. The van der Waals surface area contributed by atoms with Crippen LogP contribution < -0.4 is 10.6 Å². The van der Waals surface area contributed by atoms with Crippen molar-refractivity contribution in [3.05, 3.63) is 102 Å². The monoisotopic (exact) mass is 440 g/mol. The van der Waals surface area contributed by atoms with Crippen molar-refractivity contribution in [1.29, 1.82) is 0 Å². The molecule has 5 rings (SSSR count). The molecule has 0 aliphatic rings. The van der Waals surface area contributed by atoms with Crippen molar-refractivity contribution in [3.8, 4) is 11.4 Å². The van der Waals surface area contributed by atoms with E-state index in [0.717, 1.165) is 0 Å². The van der Waals surface area contributed by atoms with Gasteiger partial charge >= 0.3 is 0 Å². The third-order valence-electron chi connectivity index (χ3n) is 4.97. The lowest BCUT2D eigenvalue weighted by Crippen LogP contribution is -2.14. The highest BCUT2D eigenvalue weighted by Crippen LogP contribution is 2.24. The molecule has 0 fully saturated rings. The molecule has 7 nitrogen and oxygen atoms in total. The predicted molar refractivity (Wildman–Crippen MR) is 123 cm³/mol. The van der Waals surface area contributed by atoms with Crippen molar-refractivity contribution in [2.24, 2.45) is 0 Å². The van der Waals surface area contributed by atoms with Gasteiger partial charge in [-0.25, -0.2) is 9.37 Å². The van der Waals surface area contributed by atoms with E-state index in [9.17, 15) is 14.0 Å². The number of imidazole rings is 1. The number of halogens is 1. The smallest absolute Gasteiger partial charge is 0.291 e. The maximum atomic E-state index is 13.5. The van der Waals surface area contributed by atoms with Gasteiger partial charge in [-0.05, 0) is 60.7 Å². The fourth-order valence-corrected chi connectivity index (χ4v) is 3.40. The summed E-state index contributed by atoms with van der Waals surface area (Å²) in [6.45, 7) is 0. The van der Waals surface area contributed by atoms with Gasteiger partial charge in [0.25, 0.3) is 11.8 Å². The van der Waals surface area contributed by atoms with Crippen LogP contribution in [0, 0.1) is 5.82 Å². The number of aromatic nitrogens is 2. The number of rotatable bonds is 5. The Morgan fingerprint density at radius 3 is 2.48 bits per heavy atom. The molecule has 0 saturated carbocycles. The first-order valence-electron chi connectivity index (χ1n) is 10.1. The lowest BCUT2D eigenvalue weighted by atomic mass is 10.1. The van der Waals surface area contributed by atoms with Gasteiger partial charge in [0.1, 0.15) is 11.6 Å². The summed E-state index contributed by atoms with van der Waals surface area (Å²) < 4.78 is 18.6. The van der Waals surface area contributed by atoms with Crippen molar-refractivity contribution in [3.63, 3.8) is 0 Å². The fraction of sp³-hybridized carbons (Fsp3) is 0. The molecule has 0 unspecified atom stereocenters. The predicted octanol–water partition coefficient (Wildman–Crippen LogP) is 5.47. The minimum Gasteiger partial charge on any atom is -0.459 e. The molecule has 5 aromatic rings. The van der Waals surface area contributed by atoms with Crippen LogP contribution in [0.4, 0.5) is 15.8 Å². The lowest BCUT2D eigenvalue weighted by Gasteiger charge is -2.08. The molecule has 0 radical (unpaired) electrons. The van der Waals surface area contributed by atoms with Crippen LogP contribution in [0.2, 0.25) is 0 Å². The first kappa shape index (κ1) is 20.2. The van der Waals surface area contributed by atoms with Gasteiger partial charge in [-0.3, -0.25) is 9.59 Å².